The first kappa shape index (κ1) is 17.8. The molecule has 0 aliphatic carbocycles. The average molecular weight is 372 g/mol. The molecule has 1 aromatic heterocycles. The van der Waals surface area contributed by atoms with Gasteiger partial charge in [-0.25, -0.2) is 4.98 Å². The summed E-state index contributed by atoms with van der Waals surface area (Å²) in [5, 5.41) is -0.292. The fourth-order valence-electron chi connectivity index (χ4n) is 2.43. The van der Waals surface area contributed by atoms with Crippen molar-refractivity contribution in [2.45, 2.75) is 5.03 Å². The number of thioether (sulfide) groups is 1. The molecule has 8 heteroatoms. The van der Waals surface area contributed by atoms with E-state index in [2.05, 4.69) is 9.97 Å². The van der Waals surface area contributed by atoms with Crippen molar-refractivity contribution in [2.75, 3.05) is 21.3 Å². The molecule has 0 saturated heterocycles. The van der Waals surface area contributed by atoms with Crippen molar-refractivity contribution < 1.29 is 19.0 Å². The molecule has 0 aliphatic rings. The topological polar surface area (TPSA) is 90.5 Å². The Hall–Kier alpha value is -3.00. The molecule has 0 radical (unpaired) electrons. The molecular weight excluding hydrogens is 356 g/mol. The number of hydrogen-bond acceptors (Lipinski definition) is 7. The average Bonchev–Trinajstić information content (AvgIpc) is 2.67. The van der Waals surface area contributed by atoms with E-state index in [4.69, 9.17) is 14.2 Å². The number of H-pyrrole nitrogens is 1. The molecule has 0 atom stereocenters. The molecule has 0 unspecified atom stereocenters. The normalized spacial score (nSPS) is 10.6. The van der Waals surface area contributed by atoms with E-state index in [0.717, 1.165) is 11.8 Å². The number of aromatic nitrogens is 2. The quantitative estimate of drug-likeness (QED) is 0.689. The van der Waals surface area contributed by atoms with Gasteiger partial charge in [0.25, 0.3) is 5.56 Å². The van der Waals surface area contributed by atoms with E-state index in [9.17, 15) is 9.59 Å². The van der Waals surface area contributed by atoms with Crippen molar-refractivity contribution in [3.05, 3.63) is 52.3 Å². The fourth-order valence-corrected chi connectivity index (χ4v) is 3.13. The van der Waals surface area contributed by atoms with Gasteiger partial charge in [-0.3, -0.25) is 9.59 Å². The van der Waals surface area contributed by atoms with Crippen molar-refractivity contribution in [3.8, 4) is 17.2 Å². The van der Waals surface area contributed by atoms with E-state index in [1.807, 2.05) is 6.07 Å². The molecule has 0 spiro atoms. The Labute approximate surface area is 153 Å². The van der Waals surface area contributed by atoms with Crippen LogP contribution in [0.4, 0.5) is 0 Å². The monoisotopic (exact) mass is 372 g/mol. The Kier molecular flexibility index (Phi) is 5.13. The first-order chi connectivity index (χ1) is 12.6. The zero-order chi connectivity index (χ0) is 18.7. The van der Waals surface area contributed by atoms with E-state index in [0.29, 0.717) is 33.8 Å². The zero-order valence-corrected chi connectivity index (χ0v) is 15.2. The van der Waals surface area contributed by atoms with Crippen LogP contribution in [0.5, 0.6) is 17.2 Å². The van der Waals surface area contributed by atoms with E-state index in [-0.39, 0.29) is 10.1 Å². The summed E-state index contributed by atoms with van der Waals surface area (Å²) in [5.41, 5.74) is 1.10. The van der Waals surface area contributed by atoms with E-state index >= 15 is 0 Å². The van der Waals surface area contributed by atoms with E-state index < -0.39 is 5.56 Å². The van der Waals surface area contributed by atoms with Gasteiger partial charge < -0.3 is 19.2 Å². The highest BCUT2D eigenvalue weighted by Crippen LogP contribution is 2.39. The third-order valence-corrected chi connectivity index (χ3v) is 4.55. The number of carbonyl (C=O) groups excluding carboxylic acids is 1. The summed E-state index contributed by atoms with van der Waals surface area (Å²) in [7, 11) is 4.41. The van der Waals surface area contributed by atoms with Crippen LogP contribution in [0.3, 0.4) is 0 Å². The van der Waals surface area contributed by atoms with Crippen molar-refractivity contribution in [3.63, 3.8) is 0 Å². The second-order valence-corrected chi connectivity index (χ2v) is 6.15. The highest BCUT2D eigenvalue weighted by Gasteiger charge is 2.19. The molecule has 1 N–H and O–H groups in total. The molecule has 0 bridgehead atoms. The van der Waals surface area contributed by atoms with Crippen molar-refractivity contribution in [2.24, 2.45) is 0 Å². The summed E-state index contributed by atoms with van der Waals surface area (Å²) < 4.78 is 15.7. The standard InChI is InChI=1S/C18H16N2O5S/c1-23-13-8-10(9-14(24-2)15(13)25-3)18(22)26-17-16(21)19-11-6-4-5-7-12(11)20-17/h4-9H,1-3H3,(H,19,21). The predicted molar refractivity (Wildman–Crippen MR) is 98.6 cm³/mol. The number of para-hydroxylation sites is 2. The number of fused-ring (bicyclic) bond motifs is 1. The van der Waals surface area contributed by atoms with Gasteiger partial charge in [-0.2, -0.15) is 0 Å². The van der Waals surface area contributed by atoms with Gasteiger partial charge in [0.2, 0.25) is 10.9 Å². The van der Waals surface area contributed by atoms with Crippen LogP contribution in [-0.2, 0) is 0 Å². The largest absolute Gasteiger partial charge is 0.493 e. The zero-order valence-electron chi connectivity index (χ0n) is 14.4. The van der Waals surface area contributed by atoms with Crippen LogP contribution < -0.4 is 19.8 Å². The Morgan fingerprint density at radius 1 is 1.04 bits per heavy atom. The Morgan fingerprint density at radius 3 is 2.31 bits per heavy atom. The number of ether oxygens (including phenoxy) is 3. The maximum atomic E-state index is 12.7. The molecule has 0 saturated carbocycles. The minimum Gasteiger partial charge on any atom is -0.493 e. The number of hydrogen-bond donors (Lipinski definition) is 1. The Balaban J connectivity index is 1.98. The molecule has 0 amide bonds. The van der Waals surface area contributed by atoms with E-state index in [1.54, 1.807) is 18.2 Å². The van der Waals surface area contributed by atoms with Crippen LogP contribution in [-0.4, -0.2) is 36.4 Å². The molecule has 0 aliphatic heterocycles. The number of nitrogens with one attached hydrogen (secondary N) is 1. The number of aromatic amines is 1. The summed E-state index contributed by atoms with van der Waals surface area (Å²) in [5.74, 6) is 1.10. The second kappa shape index (κ2) is 7.49. The first-order valence-electron chi connectivity index (χ1n) is 7.58. The van der Waals surface area contributed by atoms with Crippen LogP contribution in [0.15, 0.2) is 46.2 Å². The van der Waals surface area contributed by atoms with Crippen LogP contribution in [0.2, 0.25) is 0 Å². The molecule has 1 heterocycles. The fraction of sp³-hybridized carbons (Fsp3) is 0.167. The first-order valence-corrected chi connectivity index (χ1v) is 8.40. The van der Waals surface area contributed by atoms with Crippen LogP contribution in [0.25, 0.3) is 11.0 Å². The lowest BCUT2D eigenvalue weighted by Crippen LogP contribution is -2.12. The van der Waals surface area contributed by atoms with Gasteiger partial charge in [0.05, 0.1) is 32.4 Å². The molecule has 134 valence electrons. The smallest absolute Gasteiger partial charge is 0.281 e. The minimum atomic E-state index is -0.422. The number of benzene rings is 2. The van der Waals surface area contributed by atoms with Gasteiger partial charge in [0.15, 0.2) is 16.5 Å². The predicted octanol–water partition coefficient (Wildman–Crippen LogP) is 2.88. The van der Waals surface area contributed by atoms with E-state index in [1.165, 1.54) is 33.5 Å². The third kappa shape index (κ3) is 3.36. The number of nitrogens with zero attached hydrogens (tertiary/aromatic N) is 1. The molecule has 7 nitrogen and oxygen atoms in total. The van der Waals surface area contributed by atoms with Crippen LogP contribution in [0, 0.1) is 0 Å². The van der Waals surface area contributed by atoms with Gasteiger partial charge in [0, 0.05) is 5.56 Å². The van der Waals surface area contributed by atoms with Gasteiger partial charge in [0.1, 0.15) is 0 Å². The maximum Gasteiger partial charge on any atom is 0.281 e. The Bertz CT molecular complexity index is 1010. The van der Waals surface area contributed by atoms with Crippen molar-refractivity contribution in [1.29, 1.82) is 0 Å². The molecule has 3 rings (SSSR count). The van der Waals surface area contributed by atoms with Crippen molar-refractivity contribution in [1.82, 2.24) is 9.97 Å². The highest BCUT2D eigenvalue weighted by molar-refractivity contribution is 8.14. The molecule has 26 heavy (non-hydrogen) atoms. The summed E-state index contributed by atoms with van der Waals surface area (Å²) in [6, 6.07) is 10.2. The van der Waals surface area contributed by atoms with Crippen LogP contribution >= 0.6 is 11.8 Å². The molecule has 2 aromatic carbocycles. The molecule has 3 aromatic rings. The minimum absolute atomic E-state index is 0.0717. The lowest BCUT2D eigenvalue weighted by Gasteiger charge is -2.13. The lowest BCUT2D eigenvalue weighted by molar-refractivity contribution is 0.108. The maximum absolute atomic E-state index is 12.7. The highest BCUT2D eigenvalue weighted by atomic mass is 32.2. The number of carbonyl (C=O) groups is 1. The molecular formula is C18H16N2O5S. The lowest BCUT2D eigenvalue weighted by atomic mass is 10.2. The summed E-state index contributed by atoms with van der Waals surface area (Å²) in [6.45, 7) is 0. The van der Waals surface area contributed by atoms with Gasteiger partial charge in [-0.1, -0.05) is 12.1 Å². The Morgan fingerprint density at radius 2 is 1.69 bits per heavy atom. The second-order valence-electron chi connectivity index (χ2n) is 5.19. The summed E-state index contributed by atoms with van der Waals surface area (Å²) in [6.07, 6.45) is 0. The third-order valence-electron chi connectivity index (χ3n) is 3.66. The number of methoxy groups -OCH3 is 3. The van der Waals surface area contributed by atoms with Gasteiger partial charge >= 0.3 is 0 Å². The van der Waals surface area contributed by atoms with Gasteiger partial charge in [-0.05, 0) is 36.0 Å². The number of rotatable bonds is 5. The molecule has 0 fully saturated rings. The van der Waals surface area contributed by atoms with Crippen molar-refractivity contribution >= 4 is 27.9 Å². The summed E-state index contributed by atoms with van der Waals surface area (Å²) >= 11 is 0.744. The SMILES string of the molecule is COc1cc(C(=O)Sc2nc3ccccc3[nH]c2=O)cc(OC)c1OC. The van der Waals surface area contributed by atoms with Gasteiger partial charge in [-0.15, -0.1) is 0 Å². The summed E-state index contributed by atoms with van der Waals surface area (Å²) in [4.78, 5) is 31.8. The van der Waals surface area contributed by atoms with Crippen LogP contribution in [0.1, 0.15) is 10.4 Å².